The van der Waals surface area contributed by atoms with Gasteiger partial charge in [-0.3, -0.25) is 4.79 Å². The molecule has 1 aromatic heterocycles. The molecule has 0 saturated carbocycles. The van der Waals surface area contributed by atoms with E-state index in [0.717, 1.165) is 56.0 Å². The second kappa shape index (κ2) is 10.3. The van der Waals surface area contributed by atoms with Crippen LogP contribution in [0.5, 0.6) is 0 Å². The van der Waals surface area contributed by atoms with Gasteiger partial charge in [-0.2, -0.15) is 0 Å². The minimum absolute atomic E-state index is 0. The summed E-state index contributed by atoms with van der Waals surface area (Å²) in [5.41, 5.74) is 0.996. The Bertz CT molecular complexity index is 756. The van der Waals surface area contributed by atoms with Gasteiger partial charge in [0.15, 0.2) is 0 Å². The Balaban J connectivity index is 0.00000131. The van der Waals surface area contributed by atoms with Crippen molar-refractivity contribution in [1.82, 2.24) is 15.2 Å². The van der Waals surface area contributed by atoms with Gasteiger partial charge in [0.05, 0.1) is 15.2 Å². The number of hydrogen-bond acceptors (Lipinski definition) is 4. The summed E-state index contributed by atoms with van der Waals surface area (Å²) in [4.78, 5) is 19.3. The maximum Gasteiger partial charge on any atom is 0.222 e. The maximum absolute atomic E-state index is 12.5. The van der Waals surface area contributed by atoms with Gasteiger partial charge in [-0.05, 0) is 62.9 Å². The molecule has 150 valence electrons. The molecule has 8 heteroatoms. The Hall–Kier alpha value is -0.590. The molecule has 2 fully saturated rings. The molecule has 1 N–H and O–H groups in total. The highest BCUT2D eigenvalue weighted by Gasteiger charge is 2.26. The highest BCUT2D eigenvalue weighted by Crippen LogP contribution is 2.34. The fourth-order valence-electron chi connectivity index (χ4n) is 3.92. The van der Waals surface area contributed by atoms with Gasteiger partial charge in [0.2, 0.25) is 5.91 Å². The van der Waals surface area contributed by atoms with Gasteiger partial charge in [-0.25, -0.2) is 4.98 Å². The molecule has 0 spiro atoms. The fraction of sp³-hybridized carbons (Fsp3) is 0.579. The van der Waals surface area contributed by atoms with Crippen molar-refractivity contribution in [2.45, 2.75) is 38.0 Å². The van der Waals surface area contributed by atoms with Gasteiger partial charge >= 0.3 is 0 Å². The topological polar surface area (TPSA) is 45.2 Å². The number of amides is 1. The van der Waals surface area contributed by atoms with E-state index in [9.17, 15) is 4.79 Å². The second-order valence-electron chi connectivity index (χ2n) is 7.22. The van der Waals surface area contributed by atoms with E-state index in [-0.39, 0.29) is 24.8 Å². The largest absolute Gasteiger partial charge is 0.343 e. The molecule has 3 heterocycles. The zero-order valence-electron chi connectivity index (χ0n) is 15.2. The normalized spacial score (nSPS) is 20.3. The summed E-state index contributed by atoms with van der Waals surface area (Å²) in [6.07, 6.45) is 4.99. The quantitative estimate of drug-likeness (QED) is 0.721. The van der Waals surface area contributed by atoms with Crippen molar-refractivity contribution >= 4 is 63.9 Å². The lowest BCUT2D eigenvalue weighted by Gasteiger charge is -2.31. The average molecular weight is 451 g/mol. The van der Waals surface area contributed by atoms with Gasteiger partial charge < -0.3 is 10.2 Å². The van der Waals surface area contributed by atoms with Gasteiger partial charge in [0.1, 0.15) is 0 Å². The molecule has 4 nitrogen and oxygen atoms in total. The third-order valence-electron chi connectivity index (χ3n) is 5.49. The molecule has 1 atom stereocenters. The summed E-state index contributed by atoms with van der Waals surface area (Å²) in [5, 5.41) is 5.31. The summed E-state index contributed by atoms with van der Waals surface area (Å²) in [6.45, 7) is 3.92. The third kappa shape index (κ3) is 5.48. The Morgan fingerprint density at radius 2 is 2.04 bits per heavy atom. The highest BCUT2D eigenvalue weighted by atomic mass is 35.5. The van der Waals surface area contributed by atoms with Crippen molar-refractivity contribution in [2.75, 3.05) is 26.2 Å². The van der Waals surface area contributed by atoms with Crippen LogP contribution in [0.4, 0.5) is 0 Å². The highest BCUT2D eigenvalue weighted by molar-refractivity contribution is 7.18. The first-order valence-electron chi connectivity index (χ1n) is 9.23. The van der Waals surface area contributed by atoms with E-state index in [0.29, 0.717) is 24.2 Å². The minimum atomic E-state index is 0. The molecule has 1 unspecified atom stereocenters. The molecule has 1 aromatic carbocycles. The van der Waals surface area contributed by atoms with Gasteiger partial charge in [-0.15, -0.1) is 36.2 Å². The zero-order chi connectivity index (χ0) is 17.2. The number of rotatable bonds is 4. The minimum Gasteiger partial charge on any atom is -0.343 e. The van der Waals surface area contributed by atoms with Crippen LogP contribution in [0.2, 0.25) is 5.02 Å². The molecule has 0 aliphatic carbocycles. The number of hydrogen-bond donors (Lipinski definition) is 1. The number of fused-ring (bicyclic) bond motifs is 1. The molecule has 4 rings (SSSR count). The van der Waals surface area contributed by atoms with Crippen LogP contribution in [-0.2, 0) is 4.79 Å². The SMILES string of the molecule is Cl.Cl.O=C(CCC1CCNC1)N1CCC(c2nc3cc(Cl)ccc3s2)CC1. The second-order valence-corrected chi connectivity index (χ2v) is 8.72. The Labute approximate surface area is 181 Å². The number of likely N-dealkylation sites (tertiary alicyclic amines) is 1. The molecule has 2 saturated heterocycles. The smallest absolute Gasteiger partial charge is 0.222 e. The lowest BCUT2D eigenvalue weighted by atomic mass is 9.96. The number of aromatic nitrogens is 1. The number of benzene rings is 1. The van der Waals surface area contributed by atoms with Crippen molar-refractivity contribution in [3.8, 4) is 0 Å². The molecule has 2 aliphatic rings. The summed E-state index contributed by atoms with van der Waals surface area (Å²) in [7, 11) is 0. The van der Waals surface area contributed by atoms with Crippen LogP contribution in [-0.4, -0.2) is 42.0 Å². The first-order valence-corrected chi connectivity index (χ1v) is 10.4. The molecule has 0 radical (unpaired) electrons. The van der Waals surface area contributed by atoms with Crippen LogP contribution >= 0.6 is 47.8 Å². The standard InChI is InChI=1S/C19H24ClN3OS.2ClH/c20-15-2-3-17-16(11-15)22-19(25-17)14-6-9-23(10-7-14)18(24)4-1-13-5-8-21-12-13;;/h2-3,11,13-14,21H,1,4-10,12H2;2*1H. The number of thiazole rings is 1. The first-order chi connectivity index (χ1) is 12.2. The van der Waals surface area contributed by atoms with Crippen molar-refractivity contribution in [2.24, 2.45) is 5.92 Å². The Kier molecular flexibility index (Phi) is 8.63. The van der Waals surface area contributed by atoms with Crippen LogP contribution in [0.25, 0.3) is 10.2 Å². The summed E-state index contributed by atoms with van der Waals surface area (Å²) >= 11 is 7.83. The van der Waals surface area contributed by atoms with E-state index in [1.807, 2.05) is 12.1 Å². The summed E-state index contributed by atoms with van der Waals surface area (Å²) in [5.74, 6) is 1.50. The third-order valence-corrected chi connectivity index (χ3v) is 6.93. The molecule has 2 aliphatic heterocycles. The van der Waals surface area contributed by atoms with Gasteiger partial charge in [0, 0.05) is 30.5 Å². The van der Waals surface area contributed by atoms with Crippen molar-refractivity contribution in [3.05, 3.63) is 28.2 Å². The van der Waals surface area contributed by atoms with E-state index < -0.39 is 0 Å². The number of piperidine rings is 1. The van der Waals surface area contributed by atoms with E-state index in [4.69, 9.17) is 16.6 Å². The number of nitrogens with one attached hydrogen (secondary N) is 1. The first kappa shape index (κ1) is 22.7. The molecular formula is C19H26Cl3N3OS. The summed E-state index contributed by atoms with van der Waals surface area (Å²) < 4.78 is 1.20. The summed E-state index contributed by atoms with van der Waals surface area (Å²) in [6, 6.07) is 5.91. The van der Waals surface area contributed by atoms with E-state index in [1.54, 1.807) is 11.3 Å². The molecule has 27 heavy (non-hydrogen) atoms. The van der Waals surface area contributed by atoms with Crippen molar-refractivity contribution < 1.29 is 4.79 Å². The van der Waals surface area contributed by atoms with E-state index in [2.05, 4.69) is 16.3 Å². The lowest BCUT2D eigenvalue weighted by Crippen LogP contribution is -2.38. The molecule has 0 bridgehead atoms. The van der Waals surface area contributed by atoms with Gasteiger partial charge in [0.25, 0.3) is 0 Å². The van der Waals surface area contributed by atoms with Gasteiger partial charge in [-0.1, -0.05) is 11.6 Å². The van der Waals surface area contributed by atoms with E-state index >= 15 is 0 Å². The number of nitrogens with zero attached hydrogens (tertiary/aromatic N) is 2. The van der Waals surface area contributed by atoms with Crippen LogP contribution in [0.1, 0.15) is 43.0 Å². The number of carbonyl (C=O) groups excluding carboxylic acids is 1. The maximum atomic E-state index is 12.5. The zero-order valence-corrected chi connectivity index (χ0v) is 18.4. The monoisotopic (exact) mass is 449 g/mol. The number of halogens is 3. The number of carbonyl (C=O) groups is 1. The van der Waals surface area contributed by atoms with Crippen molar-refractivity contribution in [3.63, 3.8) is 0 Å². The predicted octanol–water partition coefficient (Wildman–Crippen LogP) is 4.89. The fourth-order valence-corrected chi connectivity index (χ4v) is 5.20. The van der Waals surface area contributed by atoms with Crippen LogP contribution in [0, 0.1) is 5.92 Å². The molecular weight excluding hydrogens is 425 g/mol. The average Bonchev–Trinajstić information content (AvgIpc) is 3.29. The lowest BCUT2D eigenvalue weighted by molar-refractivity contribution is -0.132. The Morgan fingerprint density at radius 3 is 2.74 bits per heavy atom. The van der Waals surface area contributed by atoms with Crippen LogP contribution < -0.4 is 5.32 Å². The molecule has 1 amide bonds. The van der Waals surface area contributed by atoms with E-state index in [1.165, 1.54) is 16.1 Å². The molecule has 2 aromatic rings. The van der Waals surface area contributed by atoms with Crippen LogP contribution in [0.3, 0.4) is 0 Å². The Morgan fingerprint density at radius 1 is 1.26 bits per heavy atom. The van der Waals surface area contributed by atoms with Crippen LogP contribution in [0.15, 0.2) is 18.2 Å². The van der Waals surface area contributed by atoms with Crippen molar-refractivity contribution in [1.29, 1.82) is 0 Å². The predicted molar refractivity (Wildman–Crippen MR) is 118 cm³/mol.